The fraction of sp³-hybridized carbons (Fsp3) is 0.312. The van der Waals surface area contributed by atoms with Crippen molar-refractivity contribution in [3.63, 3.8) is 0 Å². The van der Waals surface area contributed by atoms with Crippen LogP contribution in [-0.2, 0) is 4.74 Å². The van der Waals surface area contributed by atoms with Crippen LogP contribution in [0.2, 0.25) is 0 Å². The van der Waals surface area contributed by atoms with Crippen molar-refractivity contribution < 1.29 is 14.6 Å². The molecule has 104 valence electrons. The molecule has 2 aromatic rings. The lowest BCUT2D eigenvalue weighted by Crippen LogP contribution is -2.05. The Labute approximate surface area is 118 Å². The second kappa shape index (κ2) is 6.90. The Bertz CT molecular complexity index is 619. The number of fused-ring (bicyclic) bond motifs is 1. The van der Waals surface area contributed by atoms with Gasteiger partial charge in [0.2, 0.25) is 0 Å². The van der Waals surface area contributed by atoms with E-state index in [-0.39, 0.29) is 6.61 Å². The van der Waals surface area contributed by atoms with E-state index in [1.54, 1.807) is 7.11 Å². The third-order valence-electron chi connectivity index (χ3n) is 3.12. The van der Waals surface area contributed by atoms with Crippen LogP contribution in [0.5, 0.6) is 5.75 Å². The van der Waals surface area contributed by atoms with Crippen LogP contribution in [0, 0.1) is 11.3 Å². The summed E-state index contributed by atoms with van der Waals surface area (Å²) < 4.78 is 10.9. The summed E-state index contributed by atoms with van der Waals surface area (Å²) in [4.78, 5) is 0. The molecule has 20 heavy (non-hydrogen) atoms. The molecule has 4 nitrogen and oxygen atoms in total. The molecule has 1 N–H and O–H groups in total. The molecule has 1 atom stereocenters. The van der Waals surface area contributed by atoms with Gasteiger partial charge in [-0.3, -0.25) is 0 Å². The topological polar surface area (TPSA) is 62.5 Å². The predicted octanol–water partition coefficient (Wildman–Crippen LogP) is 2.81. The highest BCUT2D eigenvalue weighted by Gasteiger charge is 2.15. The molecule has 0 aliphatic heterocycles. The van der Waals surface area contributed by atoms with E-state index in [9.17, 15) is 5.26 Å². The van der Waals surface area contributed by atoms with Crippen LogP contribution in [0.1, 0.15) is 18.1 Å². The number of nitrogens with zero attached hydrogens (tertiary/aromatic N) is 1. The van der Waals surface area contributed by atoms with Gasteiger partial charge in [-0.05, 0) is 17.9 Å². The van der Waals surface area contributed by atoms with E-state index in [0.29, 0.717) is 13.0 Å². The zero-order valence-corrected chi connectivity index (χ0v) is 11.4. The first kappa shape index (κ1) is 14.3. The second-order valence-electron chi connectivity index (χ2n) is 4.36. The van der Waals surface area contributed by atoms with Crippen molar-refractivity contribution in [3.8, 4) is 11.8 Å². The maximum atomic E-state index is 9.30. The van der Waals surface area contributed by atoms with Crippen LogP contribution in [0.15, 0.2) is 36.4 Å². The fourth-order valence-corrected chi connectivity index (χ4v) is 2.16. The Hall–Kier alpha value is -2.09. The van der Waals surface area contributed by atoms with Gasteiger partial charge in [0, 0.05) is 17.6 Å². The monoisotopic (exact) mass is 271 g/mol. The molecule has 0 radical (unpaired) electrons. The highest BCUT2D eigenvalue weighted by Crippen LogP contribution is 2.32. The van der Waals surface area contributed by atoms with Gasteiger partial charge in [0.05, 0.1) is 19.8 Å². The molecule has 2 rings (SSSR count). The average molecular weight is 271 g/mol. The van der Waals surface area contributed by atoms with Gasteiger partial charge < -0.3 is 14.6 Å². The molecule has 4 heteroatoms. The maximum absolute atomic E-state index is 9.30. The molecule has 0 heterocycles. The minimum Gasteiger partial charge on any atom is -0.496 e. The molecule has 0 bridgehead atoms. The quantitative estimate of drug-likeness (QED) is 0.821. The van der Waals surface area contributed by atoms with Crippen LogP contribution in [0.4, 0.5) is 0 Å². The molecule has 0 aliphatic carbocycles. The summed E-state index contributed by atoms with van der Waals surface area (Å²) in [5.41, 5.74) is 0.821. The smallest absolute Gasteiger partial charge is 0.169 e. The van der Waals surface area contributed by atoms with Crippen molar-refractivity contribution in [1.29, 1.82) is 5.26 Å². The van der Waals surface area contributed by atoms with Crippen LogP contribution in [0.3, 0.4) is 0 Å². The van der Waals surface area contributed by atoms with Gasteiger partial charge in [-0.15, -0.1) is 0 Å². The summed E-state index contributed by atoms with van der Waals surface area (Å²) in [5.74, 6) is 0.774. The molecule has 0 fully saturated rings. The first-order chi connectivity index (χ1) is 9.81. The summed E-state index contributed by atoms with van der Waals surface area (Å²) >= 11 is 0. The zero-order valence-electron chi connectivity index (χ0n) is 11.4. The standard InChI is InChI=1S/C16H17NO3/c1-19-15-8-7-14(12-5-2-3-6-13(12)15)16(11-17)20-10-4-9-18/h2-3,5-8,16,18H,4,9-10H2,1H3. The van der Waals surface area contributed by atoms with Crippen molar-refractivity contribution >= 4 is 10.8 Å². The molecule has 1 unspecified atom stereocenters. The number of hydrogen-bond acceptors (Lipinski definition) is 4. The molecular formula is C16H17NO3. The molecule has 0 saturated heterocycles. The average Bonchev–Trinajstić information content (AvgIpc) is 2.51. The van der Waals surface area contributed by atoms with Crippen LogP contribution in [-0.4, -0.2) is 25.4 Å². The number of benzene rings is 2. The highest BCUT2D eigenvalue weighted by atomic mass is 16.5. The highest BCUT2D eigenvalue weighted by molar-refractivity contribution is 5.91. The number of rotatable bonds is 6. The Morgan fingerprint density at radius 3 is 2.60 bits per heavy atom. The lowest BCUT2D eigenvalue weighted by atomic mass is 10.00. The third kappa shape index (κ3) is 2.90. The molecule has 0 aromatic heterocycles. The Balaban J connectivity index is 2.41. The van der Waals surface area contributed by atoms with Crippen molar-refractivity contribution in [1.82, 2.24) is 0 Å². The third-order valence-corrected chi connectivity index (χ3v) is 3.12. The number of aliphatic hydroxyl groups is 1. The van der Waals surface area contributed by atoms with E-state index >= 15 is 0 Å². The van der Waals surface area contributed by atoms with Crippen LogP contribution < -0.4 is 4.74 Å². The van der Waals surface area contributed by atoms with Gasteiger partial charge in [0.1, 0.15) is 5.75 Å². The zero-order chi connectivity index (χ0) is 14.4. The Morgan fingerprint density at radius 1 is 1.20 bits per heavy atom. The van der Waals surface area contributed by atoms with Crippen LogP contribution in [0.25, 0.3) is 10.8 Å². The molecule has 0 saturated carbocycles. The van der Waals surface area contributed by atoms with E-state index in [2.05, 4.69) is 6.07 Å². The molecule has 0 spiro atoms. The Kier molecular flexibility index (Phi) is 4.94. The number of ether oxygens (including phenoxy) is 2. The number of nitriles is 1. The molecular weight excluding hydrogens is 254 g/mol. The minimum absolute atomic E-state index is 0.0571. The fourth-order valence-electron chi connectivity index (χ4n) is 2.16. The SMILES string of the molecule is COc1ccc(C(C#N)OCCCO)c2ccccc12. The van der Waals surface area contributed by atoms with E-state index in [4.69, 9.17) is 14.6 Å². The van der Waals surface area contributed by atoms with Gasteiger partial charge in [0.15, 0.2) is 6.10 Å². The first-order valence-corrected chi connectivity index (χ1v) is 6.49. The predicted molar refractivity (Wildman–Crippen MR) is 76.5 cm³/mol. The molecule has 0 amide bonds. The second-order valence-corrected chi connectivity index (χ2v) is 4.36. The van der Waals surface area contributed by atoms with Crippen molar-refractivity contribution in [2.24, 2.45) is 0 Å². The summed E-state index contributed by atoms with van der Waals surface area (Å²) in [6.45, 7) is 0.413. The van der Waals surface area contributed by atoms with Gasteiger partial charge in [0.25, 0.3) is 0 Å². The normalized spacial score (nSPS) is 12.1. The number of hydrogen-bond donors (Lipinski definition) is 1. The van der Waals surface area contributed by atoms with Crippen molar-refractivity contribution in [3.05, 3.63) is 42.0 Å². The van der Waals surface area contributed by atoms with Gasteiger partial charge >= 0.3 is 0 Å². The van der Waals surface area contributed by atoms with Crippen LogP contribution >= 0.6 is 0 Å². The lowest BCUT2D eigenvalue weighted by Gasteiger charge is -2.15. The summed E-state index contributed by atoms with van der Waals surface area (Å²) in [7, 11) is 1.63. The van der Waals surface area contributed by atoms with Gasteiger partial charge in [-0.25, -0.2) is 0 Å². The lowest BCUT2D eigenvalue weighted by molar-refractivity contribution is 0.0782. The number of methoxy groups -OCH3 is 1. The summed E-state index contributed by atoms with van der Waals surface area (Å²) in [6, 6.07) is 13.6. The molecule has 2 aromatic carbocycles. The molecule has 0 aliphatic rings. The number of aliphatic hydroxyl groups excluding tert-OH is 1. The summed E-state index contributed by atoms with van der Waals surface area (Å²) in [5, 5.41) is 20.0. The summed E-state index contributed by atoms with van der Waals surface area (Å²) in [6.07, 6.45) is -0.121. The van der Waals surface area contributed by atoms with E-state index in [0.717, 1.165) is 22.1 Å². The first-order valence-electron chi connectivity index (χ1n) is 6.49. The Morgan fingerprint density at radius 2 is 1.95 bits per heavy atom. The van der Waals surface area contributed by atoms with Crippen molar-refractivity contribution in [2.75, 3.05) is 20.3 Å². The largest absolute Gasteiger partial charge is 0.496 e. The van der Waals surface area contributed by atoms with Gasteiger partial charge in [-0.2, -0.15) is 5.26 Å². The maximum Gasteiger partial charge on any atom is 0.169 e. The van der Waals surface area contributed by atoms with E-state index in [1.807, 2.05) is 36.4 Å². The van der Waals surface area contributed by atoms with Crippen molar-refractivity contribution in [2.45, 2.75) is 12.5 Å². The van der Waals surface area contributed by atoms with Gasteiger partial charge in [-0.1, -0.05) is 30.3 Å². The minimum atomic E-state index is -0.641. The van der Waals surface area contributed by atoms with E-state index < -0.39 is 6.10 Å². The van der Waals surface area contributed by atoms with E-state index in [1.165, 1.54) is 0 Å².